The molecule has 1 aliphatic heterocycles. The number of hydrogen-bond donors (Lipinski definition) is 1. The number of rotatable bonds is 3. The van der Waals surface area contributed by atoms with Crippen molar-refractivity contribution in [1.82, 2.24) is 5.32 Å². The summed E-state index contributed by atoms with van der Waals surface area (Å²) < 4.78 is 0. The maximum Gasteiger partial charge on any atom is 0.349 e. The fourth-order valence-electron chi connectivity index (χ4n) is 1.58. The number of aryl methyl sites for hydroxylation is 1. The third-order valence-electron chi connectivity index (χ3n) is 2.38. The molecule has 17 heavy (non-hydrogen) atoms. The fraction of sp³-hybridized carbons (Fsp3) is 0.364. The number of carbonyl (C=O) groups excluding carboxylic acids is 2. The zero-order chi connectivity index (χ0) is 12.4. The predicted octanol–water partition coefficient (Wildman–Crippen LogP) is 1.19. The minimum atomic E-state index is -0.472. The van der Waals surface area contributed by atoms with E-state index < -0.39 is 5.92 Å². The van der Waals surface area contributed by atoms with Crippen molar-refractivity contribution in [2.75, 3.05) is 6.54 Å². The number of amides is 1. The number of nitrogens with zero attached hydrogens (tertiary/aromatic N) is 1. The van der Waals surface area contributed by atoms with Gasteiger partial charge >= 0.3 is 5.97 Å². The Labute approximate surface area is 102 Å². The van der Waals surface area contributed by atoms with Gasteiger partial charge in [0, 0.05) is 11.8 Å². The first-order chi connectivity index (χ1) is 8.08. The molecule has 1 N–H and O–H groups in total. The van der Waals surface area contributed by atoms with Gasteiger partial charge in [-0.2, -0.15) is 0 Å². The van der Waals surface area contributed by atoms with E-state index in [0.29, 0.717) is 5.71 Å². The molecule has 0 spiro atoms. The summed E-state index contributed by atoms with van der Waals surface area (Å²) in [5.74, 6) is -1.01. The molecule has 1 atom stereocenters. The van der Waals surface area contributed by atoms with Crippen molar-refractivity contribution in [1.29, 1.82) is 0 Å². The van der Waals surface area contributed by atoms with Crippen LogP contribution in [-0.2, 0) is 14.4 Å². The van der Waals surface area contributed by atoms with E-state index >= 15 is 0 Å². The summed E-state index contributed by atoms with van der Waals surface area (Å²) >= 11 is 1.49. The van der Waals surface area contributed by atoms with E-state index in [1.54, 1.807) is 0 Å². The van der Waals surface area contributed by atoms with Crippen LogP contribution in [0.25, 0.3) is 0 Å². The maximum absolute atomic E-state index is 11.6. The van der Waals surface area contributed by atoms with Crippen LogP contribution < -0.4 is 5.32 Å². The monoisotopic (exact) mass is 252 g/mol. The summed E-state index contributed by atoms with van der Waals surface area (Å²) in [6, 6.07) is 1.94. The topological polar surface area (TPSA) is 67.8 Å². The van der Waals surface area contributed by atoms with Crippen LogP contribution in [-0.4, -0.2) is 24.1 Å². The Morgan fingerprint density at radius 2 is 2.41 bits per heavy atom. The van der Waals surface area contributed by atoms with E-state index in [1.165, 1.54) is 18.3 Å². The van der Waals surface area contributed by atoms with Gasteiger partial charge < -0.3 is 10.2 Å². The van der Waals surface area contributed by atoms with E-state index in [-0.39, 0.29) is 18.4 Å². The SMILES string of the molecule is CC(=O)NCC1=NOC(=O)C1c1cc(C)cs1. The molecule has 5 nitrogen and oxygen atoms in total. The average molecular weight is 252 g/mol. The Hall–Kier alpha value is -1.69. The highest BCUT2D eigenvalue weighted by Gasteiger charge is 2.35. The van der Waals surface area contributed by atoms with Crippen molar-refractivity contribution in [2.24, 2.45) is 5.16 Å². The minimum absolute atomic E-state index is 0.159. The first kappa shape index (κ1) is 11.8. The van der Waals surface area contributed by atoms with E-state index in [4.69, 9.17) is 0 Å². The lowest BCUT2D eigenvalue weighted by molar-refractivity contribution is -0.141. The third-order valence-corrected chi connectivity index (χ3v) is 3.49. The lowest BCUT2D eigenvalue weighted by Crippen LogP contribution is -2.30. The fourth-order valence-corrected chi connectivity index (χ4v) is 2.59. The Balaban J connectivity index is 2.16. The smallest absolute Gasteiger partial charge is 0.349 e. The van der Waals surface area contributed by atoms with E-state index in [9.17, 15) is 9.59 Å². The van der Waals surface area contributed by atoms with E-state index in [1.807, 2.05) is 18.4 Å². The molecular weight excluding hydrogens is 240 g/mol. The van der Waals surface area contributed by atoms with Gasteiger partial charge in [-0.05, 0) is 23.9 Å². The highest BCUT2D eigenvalue weighted by molar-refractivity contribution is 7.10. The molecule has 2 heterocycles. The predicted molar refractivity (Wildman–Crippen MR) is 64.0 cm³/mol. The zero-order valence-electron chi connectivity index (χ0n) is 9.52. The molecule has 0 aliphatic carbocycles. The molecule has 0 fully saturated rings. The van der Waals surface area contributed by atoms with Crippen LogP contribution in [0.15, 0.2) is 16.6 Å². The standard InChI is InChI=1S/C11H12N2O3S/c1-6-3-9(17-5-6)10-8(4-12-7(2)14)13-16-11(10)15/h3,5,10H,4H2,1-2H3,(H,12,14). The van der Waals surface area contributed by atoms with Crippen LogP contribution in [0, 0.1) is 6.92 Å². The van der Waals surface area contributed by atoms with E-state index in [0.717, 1.165) is 10.4 Å². The lowest BCUT2D eigenvalue weighted by atomic mass is 10.0. The molecule has 6 heteroatoms. The second kappa shape index (κ2) is 4.67. The molecule has 0 bridgehead atoms. The van der Waals surface area contributed by atoms with Crippen molar-refractivity contribution in [3.8, 4) is 0 Å². The first-order valence-corrected chi connectivity index (χ1v) is 6.03. The van der Waals surface area contributed by atoms with Crippen LogP contribution in [0.1, 0.15) is 23.3 Å². The molecule has 0 aromatic carbocycles. The van der Waals surface area contributed by atoms with Crippen molar-refractivity contribution < 1.29 is 14.4 Å². The molecule has 1 unspecified atom stereocenters. The van der Waals surface area contributed by atoms with Crippen molar-refractivity contribution in [2.45, 2.75) is 19.8 Å². The average Bonchev–Trinajstić information content (AvgIpc) is 2.82. The van der Waals surface area contributed by atoms with Gasteiger partial charge in [0.05, 0.1) is 12.3 Å². The second-order valence-corrected chi connectivity index (χ2v) is 4.80. The summed E-state index contributed by atoms with van der Waals surface area (Å²) in [5.41, 5.74) is 1.65. The normalized spacial score (nSPS) is 18.8. The molecule has 0 saturated heterocycles. The number of hydrogen-bond acceptors (Lipinski definition) is 5. The van der Waals surface area contributed by atoms with Crippen molar-refractivity contribution >= 4 is 28.9 Å². The maximum atomic E-state index is 11.6. The quantitative estimate of drug-likeness (QED) is 0.822. The first-order valence-electron chi connectivity index (χ1n) is 5.15. The molecule has 0 saturated carbocycles. The summed E-state index contributed by atoms with van der Waals surface area (Å²) in [5, 5.41) is 8.30. The Morgan fingerprint density at radius 3 is 3.00 bits per heavy atom. The zero-order valence-corrected chi connectivity index (χ0v) is 10.3. The van der Waals surface area contributed by atoms with Gasteiger partial charge in [-0.3, -0.25) is 4.79 Å². The van der Waals surface area contributed by atoms with Crippen LogP contribution in [0.3, 0.4) is 0 Å². The summed E-state index contributed by atoms with van der Waals surface area (Å²) in [4.78, 5) is 28.0. The molecule has 1 aromatic heterocycles. The molecule has 1 amide bonds. The number of oxime groups is 1. The van der Waals surface area contributed by atoms with Gasteiger partial charge in [0.2, 0.25) is 5.91 Å². The molecular formula is C11H12N2O3S. The highest BCUT2D eigenvalue weighted by Crippen LogP contribution is 2.29. The number of nitrogens with one attached hydrogen (secondary N) is 1. The molecule has 2 rings (SSSR count). The van der Waals surface area contributed by atoms with Gasteiger partial charge in [-0.1, -0.05) is 5.16 Å². The van der Waals surface area contributed by atoms with Crippen molar-refractivity contribution in [3.05, 3.63) is 21.9 Å². The number of carbonyl (C=O) groups is 2. The van der Waals surface area contributed by atoms with Crippen LogP contribution in [0.4, 0.5) is 0 Å². The molecule has 1 aromatic rings. The van der Waals surface area contributed by atoms with Gasteiger partial charge in [-0.25, -0.2) is 4.79 Å². The van der Waals surface area contributed by atoms with Gasteiger partial charge in [0.1, 0.15) is 5.92 Å². The van der Waals surface area contributed by atoms with Crippen molar-refractivity contribution in [3.63, 3.8) is 0 Å². The molecule has 1 aliphatic rings. The van der Waals surface area contributed by atoms with Gasteiger partial charge in [0.15, 0.2) is 0 Å². The summed E-state index contributed by atoms with van der Waals surface area (Å²) in [6.45, 7) is 3.62. The third kappa shape index (κ3) is 2.52. The van der Waals surface area contributed by atoms with Crippen LogP contribution >= 0.6 is 11.3 Å². The Morgan fingerprint density at radius 1 is 1.65 bits per heavy atom. The molecule has 0 radical (unpaired) electrons. The van der Waals surface area contributed by atoms with Crippen LogP contribution in [0.5, 0.6) is 0 Å². The largest absolute Gasteiger partial charge is 0.351 e. The van der Waals surface area contributed by atoms with Crippen LogP contribution in [0.2, 0.25) is 0 Å². The second-order valence-electron chi connectivity index (χ2n) is 3.86. The Kier molecular flexibility index (Phi) is 3.23. The van der Waals surface area contributed by atoms with Gasteiger partial charge in [0.25, 0.3) is 0 Å². The highest BCUT2D eigenvalue weighted by atomic mass is 32.1. The molecule has 90 valence electrons. The van der Waals surface area contributed by atoms with Gasteiger partial charge in [-0.15, -0.1) is 11.3 Å². The number of thiophene rings is 1. The summed E-state index contributed by atoms with van der Waals surface area (Å²) in [6.07, 6.45) is 0. The minimum Gasteiger partial charge on any atom is -0.351 e. The van der Waals surface area contributed by atoms with E-state index in [2.05, 4.69) is 15.3 Å². The Bertz CT molecular complexity index is 493. The summed E-state index contributed by atoms with van der Waals surface area (Å²) in [7, 11) is 0. The lowest BCUT2D eigenvalue weighted by Gasteiger charge is -2.06.